The number of halogens is 1. The summed E-state index contributed by atoms with van der Waals surface area (Å²) in [6.07, 6.45) is 0. The van der Waals surface area contributed by atoms with Gasteiger partial charge in [-0.05, 0) is 46.2 Å². The van der Waals surface area contributed by atoms with Crippen LogP contribution in [0.3, 0.4) is 0 Å². The normalized spacial score (nSPS) is 10.6. The van der Waals surface area contributed by atoms with Crippen molar-refractivity contribution in [1.29, 1.82) is 0 Å². The van der Waals surface area contributed by atoms with Gasteiger partial charge in [0.1, 0.15) is 0 Å². The first-order valence-electron chi connectivity index (χ1n) is 3.73. The smallest absolute Gasteiger partial charge is 0.336 e. The van der Waals surface area contributed by atoms with E-state index in [2.05, 4.69) is 0 Å². The molecule has 0 atom stereocenters. The van der Waals surface area contributed by atoms with Gasteiger partial charge in [0.2, 0.25) is 0 Å². The van der Waals surface area contributed by atoms with Gasteiger partial charge in [0.05, 0.1) is 5.56 Å². The number of benzene rings is 1. The van der Waals surface area contributed by atoms with Crippen molar-refractivity contribution >= 4 is 50.0 Å². The van der Waals surface area contributed by atoms with Gasteiger partial charge in [-0.15, -0.1) is 0 Å². The van der Waals surface area contributed by atoms with Gasteiger partial charge < -0.3 is 10.2 Å². The Morgan fingerprint density at radius 2 is 2.07 bits per heavy atom. The molecule has 0 fully saturated rings. The highest BCUT2D eigenvalue weighted by Gasteiger charge is 2.11. The summed E-state index contributed by atoms with van der Waals surface area (Å²) in [6.45, 7) is 0. The van der Waals surface area contributed by atoms with E-state index in [9.17, 15) is 9.90 Å². The predicted molar refractivity (Wildman–Crippen MR) is 63.2 cm³/mol. The van der Waals surface area contributed by atoms with E-state index < -0.39 is 5.97 Å². The van der Waals surface area contributed by atoms with Gasteiger partial charge in [0, 0.05) is 8.27 Å². The van der Waals surface area contributed by atoms with Gasteiger partial charge in [0.15, 0.2) is 5.06 Å². The highest BCUT2D eigenvalue weighted by atomic mass is 127. The maximum Gasteiger partial charge on any atom is 0.336 e. The van der Waals surface area contributed by atoms with Gasteiger partial charge >= 0.3 is 5.97 Å². The van der Waals surface area contributed by atoms with Crippen molar-refractivity contribution in [1.82, 2.24) is 0 Å². The van der Waals surface area contributed by atoms with Crippen molar-refractivity contribution < 1.29 is 15.0 Å². The molecule has 2 rings (SSSR count). The van der Waals surface area contributed by atoms with Gasteiger partial charge in [-0.2, -0.15) is 0 Å². The Morgan fingerprint density at radius 3 is 2.71 bits per heavy atom. The third kappa shape index (κ3) is 1.57. The van der Waals surface area contributed by atoms with Crippen molar-refractivity contribution in [2.24, 2.45) is 0 Å². The molecule has 0 spiro atoms. The lowest BCUT2D eigenvalue weighted by atomic mass is 10.2. The fraction of sp³-hybridized carbons (Fsp3) is 0. The number of carbonyl (C=O) groups is 1. The molecule has 2 aromatic rings. The number of carboxylic acids is 1. The van der Waals surface area contributed by atoms with Crippen LogP contribution in [-0.4, -0.2) is 16.2 Å². The quantitative estimate of drug-likeness (QED) is 0.795. The summed E-state index contributed by atoms with van der Waals surface area (Å²) in [7, 11) is 0. The second-order valence-electron chi connectivity index (χ2n) is 2.76. The van der Waals surface area contributed by atoms with Crippen LogP contribution in [-0.2, 0) is 0 Å². The lowest BCUT2D eigenvalue weighted by Crippen LogP contribution is -1.98. The molecule has 1 aromatic heterocycles. The Balaban J connectivity index is 2.76. The minimum absolute atomic E-state index is 0.207. The Morgan fingerprint density at radius 1 is 1.36 bits per heavy atom. The predicted octanol–water partition coefficient (Wildman–Crippen LogP) is 2.91. The topological polar surface area (TPSA) is 57.5 Å². The monoisotopic (exact) mass is 320 g/mol. The molecule has 1 heterocycles. The Bertz CT molecular complexity index is 518. The van der Waals surface area contributed by atoms with Crippen LogP contribution in [0.15, 0.2) is 18.2 Å². The van der Waals surface area contributed by atoms with Crippen molar-refractivity contribution in [3.63, 3.8) is 0 Å². The Labute approximate surface area is 97.1 Å². The third-order valence-corrected chi connectivity index (χ3v) is 3.62. The third-order valence-electron chi connectivity index (χ3n) is 1.82. The fourth-order valence-electron chi connectivity index (χ4n) is 1.21. The Hall–Kier alpha value is -0.820. The molecule has 0 aliphatic carbocycles. The maximum atomic E-state index is 10.8. The summed E-state index contributed by atoms with van der Waals surface area (Å²) in [5.41, 5.74) is 0.274. The molecule has 5 heteroatoms. The average molecular weight is 320 g/mol. The van der Waals surface area contributed by atoms with Crippen LogP contribution in [0.25, 0.3) is 10.1 Å². The number of carboxylic acid groups (broad SMARTS) is 1. The highest BCUT2D eigenvalue weighted by Crippen LogP contribution is 2.32. The number of aromatic hydroxyl groups is 1. The zero-order valence-corrected chi connectivity index (χ0v) is 9.79. The lowest BCUT2D eigenvalue weighted by Gasteiger charge is -1.98. The van der Waals surface area contributed by atoms with Gasteiger partial charge in [0.25, 0.3) is 0 Å². The average Bonchev–Trinajstić information content (AvgIpc) is 2.42. The standard InChI is InChI=1S/C9H5IO3S/c10-6-3-7-4(2-8(11)14-7)1-5(6)9(12)13/h1-3,11H,(H,12,13). The Kier molecular flexibility index (Phi) is 2.36. The summed E-state index contributed by atoms with van der Waals surface area (Å²) in [6, 6.07) is 4.92. The maximum absolute atomic E-state index is 10.8. The van der Waals surface area contributed by atoms with Crippen LogP contribution in [0.2, 0.25) is 0 Å². The molecule has 0 saturated carbocycles. The van der Waals surface area contributed by atoms with E-state index in [1.54, 1.807) is 18.2 Å². The number of hydrogen-bond acceptors (Lipinski definition) is 3. The van der Waals surface area contributed by atoms with Crippen LogP contribution < -0.4 is 0 Å². The molecular formula is C9H5IO3S. The molecule has 0 aliphatic rings. The van der Waals surface area contributed by atoms with E-state index in [4.69, 9.17) is 5.11 Å². The van der Waals surface area contributed by atoms with E-state index in [0.717, 1.165) is 10.1 Å². The highest BCUT2D eigenvalue weighted by molar-refractivity contribution is 14.1. The van der Waals surface area contributed by atoms with Crippen LogP contribution in [0.4, 0.5) is 0 Å². The first-order valence-corrected chi connectivity index (χ1v) is 5.63. The van der Waals surface area contributed by atoms with E-state index in [-0.39, 0.29) is 10.6 Å². The first kappa shape index (κ1) is 9.72. The van der Waals surface area contributed by atoms with Crippen LogP contribution in [0, 0.1) is 3.57 Å². The van der Waals surface area contributed by atoms with Crippen molar-refractivity contribution in [3.8, 4) is 5.06 Å². The van der Waals surface area contributed by atoms with E-state index >= 15 is 0 Å². The number of rotatable bonds is 1. The number of fused-ring (bicyclic) bond motifs is 1. The lowest BCUT2D eigenvalue weighted by molar-refractivity contribution is 0.0696. The summed E-state index contributed by atoms with van der Waals surface area (Å²) < 4.78 is 1.58. The molecule has 3 nitrogen and oxygen atoms in total. The molecule has 0 bridgehead atoms. The largest absolute Gasteiger partial charge is 0.499 e. The van der Waals surface area contributed by atoms with Gasteiger partial charge in [-0.1, -0.05) is 11.3 Å². The summed E-state index contributed by atoms with van der Waals surface area (Å²) >= 11 is 3.22. The minimum atomic E-state index is -0.943. The molecule has 0 radical (unpaired) electrons. The van der Waals surface area contributed by atoms with Crippen LogP contribution in [0.1, 0.15) is 10.4 Å². The van der Waals surface area contributed by atoms with Crippen molar-refractivity contribution in [3.05, 3.63) is 27.3 Å². The molecule has 1 aromatic carbocycles. The van der Waals surface area contributed by atoms with E-state index in [1.807, 2.05) is 22.6 Å². The van der Waals surface area contributed by atoms with Gasteiger partial charge in [-0.3, -0.25) is 0 Å². The molecule has 0 saturated heterocycles. The van der Waals surface area contributed by atoms with Crippen molar-refractivity contribution in [2.45, 2.75) is 0 Å². The fourth-order valence-corrected chi connectivity index (χ4v) is 2.94. The first-order chi connectivity index (χ1) is 6.58. The number of aromatic carboxylic acids is 1. The number of hydrogen-bond donors (Lipinski definition) is 2. The summed E-state index contributed by atoms with van der Waals surface area (Å²) in [4.78, 5) is 10.8. The second-order valence-corrected chi connectivity index (χ2v) is 4.98. The summed E-state index contributed by atoms with van der Waals surface area (Å²) in [5, 5.41) is 19.1. The summed E-state index contributed by atoms with van der Waals surface area (Å²) in [5.74, 6) is -0.943. The zero-order valence-electron chi connectivity index (χ0n) is 6.82. The second kappa shape index (κ2) is 3.39. The van der Waals surface area contributed by atoms with Crippen LogP contribution >= 0.6 is 33.9 Å². The van der Waals surface area contributed by atoms with Crippen molar-refractivity contribution in [2.75, 3.05) is 0 Å². The van der Waals surface area contributed by atoms with E-state index in [0.29, 0.717) is 3.57 Å². The van der Waals surface area contributed by atoms with Crippen LogP contribution in [0.5, 0.6) is 5.06 Å². The molecule has 0 amide bonds. The molecule has 0 unspecified atom stereocenters. The van der Waals surface area contributed by atoms with Gasteiger partial charge in [-0.25, -0.2) is 4.79 Å². The molecule has 2 N–H and O–H groups in total. The zero-order chi connectivity index (χ0) is 10.3. The molecule has 72 valence electrons. The minimum Gasteiger partial charge on any atom is -0.499 e. The molecular weight excluding hydrogens is 315 g/mol. The number of thiophene rings is 1. The SMILES string of the molecule is O=C(O)c1cc2cc(O)sc2cc1I. The molecule has 0 aliphatic heterocycles. The van der Waals surface area contributed by atoms with E-state index in [1.165, 1.54) is 11.3 Å². The molecule has 14 heavy (non-hydrogen) atoms.